The smallest absolute Gasteiger partial charge is 0.331 e. The number of amides is 5. The van der Waals surface area contributed by atoms with Crippen molar-refractivity contribution in [2.75, 3.05) is 13.1 Å². The molecule has 1 aliphatic rings. The van der Waals surface area contributed by atoms with Gasteiger partial charge in [-0.2, -0.15) is 0 Å². The van der Waals surface area contributed by atoms with Crippen molar-refractivity contribution in [1.82, 2.24) is 15.5 Å². The number of urea groups is 1. The third-order valence-corrected chi connectivity index (χ3v) is 1.61. The molecule has 0 radical (unpaired) electrons. The fraction of sp³-hybridized carbons (Fsp3) is 0.429. The molecule has 0 aromatic carbocycles. The molecule has 76 valence electrons. The molecular weight excluding hydrogens is 190 g/mol. The Morgan fingerprint density at radius 1 is 1.43 bits per heavy atom. The van der Waals surface area contributed by atoms with Crippen molar-refractivity contribution in [3.8, 4) is 0 Å². The van der Waals surface area contributed by atoms with Gasteiger partial charge in [-0.3, -0.25) is 24.6 Å². The summed E-state index contributed by atoms with van der Waals surface area (Å²) in [5, 5.41) is 4.24. The Kier molecular flexibility index (Phi) is 2.80. The Bertz CT molecular complexity index is 312. The minimum absolute atomic E-state index is 0.00398. The van der Waals surface area contributed by atoms with Crippen molar-refractivity contribution in [1.29, 1.82) is 0 Å². The zero-order chi connectivity index (χ0) is 10.7. The number of nitrogens with zero attached hydrogens (tertiary/aromatic N) is 1. The maximum Gasteiger partial charge on any atom is 0.331 e. The molecule has 2 N–H and O–H groups in total. The summed E-state index contributed by atoms with van der Waals surface area (Å²) in [6.45, 7) is 1.45. The average molecular weight is 199 g/mol. The van der Waals surface area contributed by atoms with Gasteiger partial charge >= 0.3 is 17.8 Å². The molecule has 0 aromatic heterocycles. The number of carbonyl (C=O) groups is 4. The molecule has 0 aliphatic carbocycles. The van der Waals surface area contributed by atoms with Crippen molar-refractivity contribution >= 4 is 23.8 Å². The number of carbonyl (C=O) groups excluding carboxylic acids is 4. The third-order valence-electron chi connectivity index (χ3n) is 1.61. The normalized spacial score (nSPS) is 15.8. The van der Waals surface area contributed by atoms with Gasteiger partial charge in [-0.25, -0.2) is 4.79 Å². The highest BCUT2D eigenvalue weighted by molar-refractivity contribution is 6.44. The summed E-state index contributed by atoms with van der Waals surface area (Å²) in [5.74, 6) is -2.08. The second kappa shape index (κ2) is 3.86. The van der Waals surface area contributed by atoms with Gasteiger partial charge in [0.05, 0.1) is 0 Å². The molecule has 0 aromatic rings. The molecule has 1 saturated heterocycles. The van der Waals surface area contributed by atoms with Crippen LogP contribution in [-0.2, 0) is 14.4 Å². The Balaban J connectivity index is 2.45. The van der Waals surface area contributed by atoms with Gasteiger partial charge in [0.1, 0.15) is 0 Å². The van der Waals surface area contributed by atoms with Gasteiger partial charge in [-0.1, -0.05) is 0 Å². The molecule has 1 rings (SSSR count). The van der Waals surface area contributed by atoms with Crippen LogP contribution in [0.3, 0.4) is 0 Å². The second-order valence-electron chi connectivity index (χ2n) is 2.70. The van der Waals surface area contributed by atoms with Crippen molar-refractivity contribution in [3.05, 3.63) is 0 Å². The van der Waals surface area contributed by atoms with E-state index in [9.17, 15) is 19.2 Å². The number of rotatable bonds is 3. The first kappa shape index (κ1) is 10.2. The zero-order valence-electron chi connectivity index (χ0n) is 7.49. The summed E-state index contributed by atoms with van der Waals surface area (Å²) in [6.07, 6.45) is 0. The summed E-state index contributed by atoms with van der Waals surface area (Å²) < 4.78 is 0. The maximum absolute atomic E-state index is 11.0. The van der Waals surface area contributed by atoms with Crippen molar-refractivity contribution in [2.45, 2.75) is 6.92 Å². The van der Waals surface area contributed by atoms with Crippen LogP contribution in [0.15, 0.2) is 0 Å². The molecule has 1 fully saturated rings. The van der Waals surface area contributed by atoms with Gasteiger partial charge in [0.15, 0.2) is 0 Å². The lowest BCUT2D eigenvalue weighted by Crippen LogP contribution is -2.38. The molecule has 7 nitrogen and oxygen atoms in total. The summed E-state index contributed by atoms with van der Waals surface area (Å²) in [4.78, 5) is 43.8. The van der Waals surface area contributed by atoms with E-state index in [0.717, 1.165) is 4.90 Å². The predicted octanol–water partition coefficient (Wildman–Crippen LogP) is -1.80. The Morgan fingerprint density at radius 3 is 2.50 bits per heavy atom. The van der Waals surface area contributed by atoms with Crippen LogP contribution in [0.5, 0.6) is 0 Å². The molecule has 0 bridgehead atoms. The van der Waals surface area contributed by atoms with Crippen LogP contribution in [-0.4, -0.2) is 41.7 Å². The topological polar surface area (TPSA) is 95.6 Å². The highest BCUT2D eigenvalue weighted by atomic mass is 16.2. The molecule has 7 heteroatoms. The first-order valence-electron chi connectivity index (χ1n) is 3.93. The fourth-order valence-electron chi connectivity index (χ4n) is 0.980. The number of imide groups is 2. The van der Waals surface area contributed by atoms with Gasteiger partial charge in [-0.15, -0.1) is 0 Å². The number of hydrogen-bond acceptors (Lipinski definition) is 4. The van der Waals surface area contributed by atoms with Gasteiger partial charge in [0.2, 0.25) is 5.91 Å². The van der Waals surface area contributed by atoms with Crippen LogP contribution < -0.4 is 10.6 Å². The van der Waals surface area contributed by atoms with E-state index in [4.69, 9.17) is 0 Å². The highest BCUT2D eigenvalue weighted by Gasteiger charge is 2.36. The van der Waals surface area contributed by atoms with Crippen LogP contribution in [0, 0.1) is 0 Å². The second-order valence-corrected chi connectivity index (χ2v) is 2.70. The van der Waals surface area contributed by atoms with Gasteiger partial charge < -0.3 is 5.32 Å². The first-order chi connectivity index (χ1) is 6.52. The van der Waals surface area contributed by atoms with E-state index in [-0.39, 0.29) is 19.0 Å². The van der Waals surface area contributed by atoms with Crippen LogP contribution in [0.1, 0.15) is 6.92 Å². The summed E-state index contributed by atoms with van der Waals surface area (Å²) in [5.41, 5.74) is 0. The Morgan fingerprint density at radius 2 is 2.07 bits per heavy atom. The molecule has 1 aliphatic heterocycles. The lowest BCUT2D eigenvalue weighted by Gasteiger charge is -2.10. The lowest BCUT2D eigenvalue weighted by atomic mass is 10.5. The quantitative estimate of drug-likeness (QED) is 0.414. The van der Waals surface area contributed by atoms with E-state index < -0.39 is 17.8 Å². The largest absolute Gasteiger partial charge is 0.355 e. The minimum atomic E-state index is -0.933. The van der Waals surface area contributed by atoms with E-state index >= 15 is 0 Å². The number of nitrogens with one attached hydrogen (secondary N) is 2. The Hall–Kier alpha value is -1.92. The Labute approximate surface area is 79.4 Å². The first-order valence-corrected chi connectivity index (χ1v) is 3.93. The summed E-state index contributed by atoms with van der Waals surface area (Å²) >= 11 is 0. The molecule has 0 atom stereocenters. The van der Waals surface area contributed by atoms with Crippen LogP contribution in [0.25, 0.3) is 0 Å². The molecule has 14 heavy (non-hydrogen) atoms. The standard InChI is InChI=1S/C7H9N3O4/c1-4(11)8-2-3-10-6(13)5(12)9-7(10)14/h2-3H2,1H3,(H,8,11)(H,9,12,14). The predicted molar refractivity (Wildman–Crippen MR) is 43.9 cm³/mol. The molecule has 0 spiro atoms. The lowest BCUT2D eigenvalue weighted by molar-refractivity contribution is -0.140. The van der Waals surface area contributed by atoms with Gasteiger partial charge in [0.25, 0.3) is 0 Å². The molecule has 1 heterocycles. The van der Waals surface area contributed by atoms with Gasteiger partial charge in [0, 0.05) is 20.0 Å². The van der Waals surface area contributed by atoms with Crippen molar-refractivity contribution < 1.29 is 19.2 Å². The van der Waals surface area contributed by atoms with Crippen molar-refractivity contribution in [3.63, 3.8) is 0 Å². The van der Waals surface area contributed by atoms with Crippen molar-refractivity contribution in [2.24, 2.45) is 0 Å². The van der Waals surface area contributed by atoms with E-state index in [1.54, 1.807) is 0 Å². The maximum atomic E-state index is 11.0. The monoisotopic (exact) mass is 199 g/mol. The van der Waals surface area contributed by atoms with E-state index in [2.05, 4.69) is 5.32 Å². The highest BCUT2D eigenvalue weighted by Crippen LogP contribution is 1.98. The van der Waals surface area contributed by atoms with Gasteiger partial charge in [-0.05, 0) is 0 Å². The molecular formula is C7H9N3O4. The zero-order valence-corrected chi connectivity index (χ0v) is 7.49. The van der Waals surface area contributed by atoms with E-state index in [1.165, 1.54) is 6.92 Å². The SMILES string of the molecule is CC(=O)NCCN1C(=O)NC(=O)C1=O. The van der Waals surface area contributed by atoms with Crippen LogP contribution in [0.2, 0.25) is 0 Å². The minimum Gasteiger partial charge on any atom is -0.355 e. The third kappa shape index (κ3) is 2.06. The molecule has 0 unspecified atom stereocenters. The average Bonchev–Trinajstić information content (AvgIpc) is 2.31. The summed E-state index contributed by atoms with van der Waals surface area (Å²) in [6, 6.07) is -0.745. The van der Waals surface area contributed by atoms with Crippen LogP contribution >= 0.6 is 0 Å². The fourth-order valence-corrected chi connectivity index (χ4v) is 0.980. The molecule has 5 amide bonds. The van der Waals surface area contributed by atoms with Crippen LogP contribution in [0.4, 0.5) is 4.79 Å². The molecule has 0 saturated carbocycles. The van der Waals surface area contributed by atoms with E-state index in [1.807, 2.05) is 5.32 Å². The summed E-state index contributed by atoms with van der Waals surface area (Å²) in [7, 11) is 0. The number of hydrogen-bond donors (Lipinski definition) is 2. The van der Waals surface area contributed by atoms with E-state index in [0.29, 0.717) is 0 Å².